The standard InChI is InChI=1S/C24H25N3O3S/c1-14(2)15-9-11-16(12-10-15)20-13-18(25-17-7-5-6-8-19(17)31-20)21-22(28)26(3)24(30)27(4)23(21)29/h5-12,14,20,28H,13H2,1-4H3/t20-/m0/s1. The van der Waals surface area contributed by atoms with Crippen LogP contribution < -0.4 is 11.2 Å². The molecule has 1 atom stereocenters. The van der Waals surface area contributed by atoms with Gasteiger partial charge < -0.3 is 5.11 Å². The molecule has 6 nitrogen and oxygen atoms in total. The molecule has 0 aliphatic carbocycles. The summed E-state index contributed by atoms with van der Waals surface area (Å²) in [6.07, 6.45) is 0.446. The van der Waals surface area contributed by atoms with Gasteiger partial charge in [-0.3, -0.25) is 18.9 Å². The van der Waals surface area contributed by atoms with Crippen molar-refractivity contribution in [2.24, 2.45) is 19.1 Å². The molecule has 1 aromatic heterocycles. The molecule has 4 rings (SSSR count). The van der Waals surface area contributed by atoms with E-state index in [1.807, 2.05) is 24.3 Å². The molecule has 0 bridgehead atoms. The maximum atomic E-state index is 13.0. The fourth-order valence-electron chi connectivity index (χ4n) is 3.74. The lowest BCUT2D eigenvalue weighted by Gasteiger charge is -2.18. The maximum absolute atomic E-state index is 13.0. The molecule has 1 aliphatic heterocycles. The maximum Gasteiger partial charge on any atom is 0.333 e. The smallest absolute Gasteiger partial charge is 0.333 e. The van der Waals surface area contributed by atoms with E-state index in [2.05, 4.69) is 38.1 Å². The number of benzene rings is 2. The summed E-state index contributed by atoms with van der Waals surface area (Å²) in [5.74, 6) is 0.0874. The molecule has 3 aromatic rings. The minimum atomic E-state index is -0.573. The predicted molar refractivity (Wildman–Crippen MR) is 125 cm³/mol. The van der Waals surface area contributed by atoms with Gasteiger partial charge in [-0.25, -0.2) is 4.79 Å². The van der Waals surface area contributed by atoms with Crippen LogP contribution in [0.3, 0.4) is 0 Å². The van der Waals surface area contributed by atoms with E-state index in [0.29, 0.717) is 18.1 Å². The SMILES string of the molecule is CC(C)c1ccc([C@@H]2CC(c3c(O)n(C)c(=O)n(C)c3=O)=Nc3ccccc3S2)cc1. The van der Waals surface area contributed by atoms with Crippen molar-refractivity contribution in [1.29, 1.82) is 0 Å². The second-order valence-electron chi connectivity index (χ2n) is 8.06. The van der Waals surface area contributed by atoms with E-state index in [0.717, 1.165) is 25.3 Å². The van der Waals surface area contributed by atoms with Gasteiger partial charge in [0.2, 0.25) is 5.88 Å². The zero-order chi connectivity index (χ0) is 22.3. The van der Waals surface area contributed by atoms with Gasteiger partial charge in [0.15, 0.2) is 0 Å². The number of aliphatic imine (C=N–C) groups is 1. The van der Waals surface area contributed by atoms with E-state index in [1.54, 1.807) is 11.8 Å². The highest BCUT2D eigenvalue weighted by Crippen LogP contribution is 2.45. The van der Waals surface area contributed by atoms with Gasteiger partial charge in [-0.2, -0.15) is 0 Å². The van der Waals surface area contributed by atoms with Crippen molar-refractivity contribution in [1.82, 2.24) is 9.13 Å². The minimum absolute atomic E-state index is 0.00459. The summed E-state index contributed by atoms with van der Waals surface area (Å²) >= 11 is 1.69. The molecule has 0 spiro atoms. The Bertz CT molecular complexity index is 1290. The number of rotatable bonds is 3. The number of thioether (sulfide) groups is 1. The topological polar surface area (TPSA) is 76.6 Å². The summed E-state index contributed by atoms with van der Waals surface area (Å²) in [5, 5.41) is 10.7. The molecule has 0 amide bonds. The van der Waals surface area contributed by atoms with E-state index in [4.69, 9.17) is 4.99 Å². The summed E-state index contributed by atoms with van der Waals surface area (Å²) < 4.78 is 2.09. The van der Waals surface area contributed by atoms with Crippen molar-refractivity contribution >= 4 is 23.2 Å². The monoisotopic (exact) mass is 435 g/mol. The van der Waals surface area contributed by atoms with Gasteiger partial charge in [0.25, 0.3) is 5.56 Å². The van der Waals surface area contributed by atoms with Gasteiger partial charge in [0.1, 0.15) is 5.56 Å². The average molecular weight is 436 g/mol. The van der Waals surface area contributed by atoms with Crippen molar-refractivity contribution in [3.05, 3.63) is 86.1 Å². The van der Waals surface area contributed by atoms with Crippen molar-refractivity contribution in [2.45, 2.75) is 36.3 Å². The summed E-state index contributed by atoms with van der Waals surface area (Å²) in [4.78, 5) is 30.9. The number of para-hydroxylation sites is 1. The van der Waals surface area contributed by atoms with E-state index >= 15 is 0 Å². The molecular weight excluding hydrogens is 410 g/mol. The molecular formula is C24H25N3O3S. The lowest BCUT2D eigenvalue weighted by Crippen LogP contribution is -2.40. The lowest BCUT2D eigenvalue weighted by atomic mass is 9.98. The molecule has 7 heteroatoms. The molecule has 0 unspecified atom stereocenters. The number of hydrogen-bond donors (Lipinski definition) is 1. The quantitative estimate of drug-likeness (QED) is 0.667. The first-order valence-corrected chi connectivity index (χ1v) is 11.1. The Balaban J connectivity index is 1.88. The Morgan fingerprint density at radius 1 is 1.03 bits per heavy atom. The van der Waals surface area contributed by atoms with Crippen LogP contribution in [0.5, 0.6) is 5.88 Å². The van der Waals surface area contributed by atoms with E-state index in [9.17, 15) is 14.7 Å². The van der Waals surface area contributed by atoms with Gasteiger partial charge in [-0.05, 0) is 29.2 Å². The van der Waals surface area contributed by atoms with Crippen molar-refractivity contribution < 1.29 is 5.11 Å². The van der Waals surface area contributed by atoms with E-state index in [-0.39, 0.29) is 16.7 Å². The molecule has 1 N–H and O–H groups in total. The highest BCUT2D eigenvalue weighted by molar-refractivity contribution is 7.99. The lowest BCUT2D eigenvalue weighted by molar-refractivity contribution is 0.410. The average Bonchev–Trinajstić information content (AvgIpc) is 2.96. The fourth-order valence-corrected chi connectivity index (χ4v) is 4.97. The summed E-state index contributed by atoms with van der Waals surface area (Å²) in [7, 11) is 2.86. The van der Waals surface area contributed by atoms with E-state index in [1.165, 1.54) is 19.7 Å². The first-order chi connectivity index (χ1) is 14.8. The van der Waals surface area contributed by atoms with Crippen molar-refractivity contribution in [3.63, 3.8) is 0 Å². The minimum Gasteiger partial charge on any atom is -0.494 e. The second kappa shape index (κ2) is 8.23. The Labute approximate surface area is 184 Å². The highest BCUT2D eigenvalue weighted by atomic mass is 32.2. The Kier molecular flexibility index (Phi) is 5.62. The van der Waals surface area contributed by atoms with Crippen LogP contribution in [0.4, 0.5) is 5.69 Å². The molecule has 0 radical (unpaired) electrons. The van der Waals surface area contributed by atoms with Crippen LogP contribution in [0.1, 0.15) is 48.1 Å². The van der Waals surface area contributed by atoms with Crippen LogP contribution in [0.25, 0.3) is 0 Å². The first kappa shape index (κ1) is 21.2. The number of hydrogen-bond acceptors (Lipinski definition) is 5. The first-order valence-electron chi connectivity index (χ1n) is 10.2. The molecule has 31 heavy (non-hydrogen) atoms. The van der Waals surface area contributed by atoms with Gasteiger partial charge in [-0.15, -0.1) is 11.8 Å². The molecule has 2 aromatic carbocycles. The van der Waals surface area contributed by atoms with Crippen LogP contribution >= 0.6 is 11.8 Å². The van der Waals surface area contributed by atoms with Crippen molar-refractivity contribution in [3.8, 4) is 5.88 Å². The van der Waals surface area contributed by atoms with Crippen molar-refractivity contribution in [2.75, 3.05) is 0 Å². The fraction of sp³-hybridized carbons (Fsp3) is 0.292. The summed E-state index contributed by atoms with van der Waals surface area (Å²) in [6.45, 7) is 4.32. The Morgan fingerprint density at radius 2 is 1.71 bits per heavy atom. The third kappa shape index (κ3) is 3.85. The number of aromatic hydroxyl groups is 1. The number of fused-ring (bicyclic) bond motifs is 1. The third-order valence-electron chi connectivity index (χ3n) is 5.67. The molecule has 0 fully saturated rings. The Morgan fingerprint density at radius 3 is 2.39 bits per heavy atom. The summed E-state index contributed by atoms with van der Waals surface area (Å²) in [5.41, 5.74) is 2.57. The molecule has 1 aliphatic rings. The van der Waals surface area contributed by atoms with Gasteiger partial charge in [0.05, 0.1) is 11.4 Å². The second-order valence-corrected chi connectivity index (χ2v) is 9.31. The zero-order valence-corrected chi connectivity index (χ0v) is 18.8. The zero-order valence-electron chi connectivity index (χ0n) is 18.0. The summed E-state index contributed by atoms with van der Waals surface area (Å²) in [6, 6.07) is 16.3. The predicted octanol–water partition coefficient (Wildman–Crippen LogP) is 4.27. The highest BCUT2D eigenvalue weighted by Gasteiger charge is 2.27. The molecule has 160 valence electrons. The van der Waals surface area contributed by atoms with Crippen LogP contribution in [-0.4, -0.2) is 20.0 Å². The Hall–Kier alpha value is -3.06. The largest absolute Gasteiger partial charge is 0.494 e. The molecule has 2 heterocycles. The number of aromatic nitrogens is 2. The normalized spacial score (nSPS) is 16.0. The van der Waals surface area contributed by atoms with Crippen LogP contribution in [0, 0.1) is 0 Å². The van der Waals surface area contributed by atoms with Gasteiger partial charge >= 0.3 is 5.69 Å². The third-order valence-corrected chi connectivity index (χ3v) is 6.99. The van der Waals surface area contributed by atoms with Gasteiger partial charge in [-0.1, -0.05) is 50.2 Å². The van der Waals surface area contributed by atoms with Gasteiger partial charge in [0, 0.05) is 30.7 Å². The van der Waals surface area contributed by atoms with Crippen LogP contribution in [0.2, 0.25) is 0 Å². The van der Waals surface area contributed by atoms with E-state index < -0.39 is 11.2 Å². The number of nitrogens with zero attached hydrogens (tertiary/aromatic N) is 3. The van der Waals surface area contributed by atoms with Crippen LogP contribution in [-0.2, 0) is 14.1 Å². The molecule has 0 saturated carbocycles. The molecule has 0 saturated heterocycles. The van der Waals surface area contributed by atoms with Crippen LogP contribution in [0.15, 0.2) is 68.0 Å².